The molecule has 2 N–H and O–H groups in total. The van der Waals surface area contributed by atoms with E-state index in [1.807, 2.05) is 126 Å². The van der Waals surface area contributed by atoms with Gasteiger partial charge in [-0.1, -0.05) is 115 Å². The van der Waals surface area contributed by atoms with Gasteiger partial charge in [-0.25, -0.2) is 12.9 Å². The largest absolute Gasteiger partial charge is 0.363 e. The molecule has 3 atom stereocenters. The summed E-state index contributed by atoms with van der Waals surface area (Å²) in [7, 11) is -1.33. The summed E-state index contributed by atoms with van der Waals surface area (Å²) in [6.07, 6.45) is -0.00888. The minimum Gasteiger partial charge on any atom is -0.363 e. The van der Waals surface area contributed by atoms with Crippen LogP contribution in [0.1, 0.15) is 34.6 Å². The van der Waals surface area contributed by atoms with Gasteiger partial charge in [0.05, 0.1) is 11.5 Å². The number of anilines is 1. The zero-order valence-electron chi connectivity index (χ0n) is 26.7. The number of nitrogens with one attached hydrogen (secondary N) is 2. The van der Waals surface area contributed by atoms with Crippen LogP contribution in [0.4, 0.5) is 10.1 Å². The fourth-order valence-corrected chi connectivity index (χ4v) is 7.64. The molecule has 5 aromatic carbocycles. The predicted octanol–water partition coefficient (Wildman–Crippen LogP) is 7.11. The Labute approximate surface area is 284 Å². The Hall–Kier alpha value is -4.47. The molecule has 0 aromatic heterocycles. The number of hydrogen-bond donors (Lipinski definition) is 2. The fraction of sp³-hybridized carbons (Fsp3) is 0.225. The van der Waals surface area contributed by atoms with Gasteiger partial charge in [0.2, 0.25) is 0 Å². The lowest BCUT2D eigenvalue weighted by atomic mass is 9.86. The van der Waals surface area contributed by atoms with Gasteiger partial charge in [0, 0.05) is 42.8 Å². The van der Waals surface area contributed by atoms with Gasteiger partial charge in [-0.15, -0.1) is 0 Å². The van der Waals surface area contributed by atoms with Crippen LogP contribution < -0.4 is 10.6 Å². The Morgan fingerprint density at radius 2 is 1.44 bits per heavy atom. The van der Waals surface area contributed by atoms with Gasteiger partial charge in [0.25, 0.3) is 5.91 Å². The van der Waals surface area contributed by atoms with Crippen LogP contribution in [0.2, 0.25) is 0 Å². The van der Waals surface area contributed by atoms with E-state index in [0.29, 0.717) is 37.2 Å². The maximum Gasteiger partial charge on any atom is 0.254 e. The van der Waals surface area contributed by atoms with Crippen molar-refractivity contribution in [2.45, 2.75) is 42.4 Å². The Morgan fingerprint density at radius 3 is 2.08 bits per heavy atom. The van der Waals surface area contributed by atoms with Crippen LogP contribution in [0.25, 0.3) is 0 Å². The number of hydrogen-bond acceptors (Lipinski definition) is 4. The third-order valence-electron chi connectivity index (χ3n) is 8.71. The number of ether oxygens (including phenoxy) is 1. The number of amides is 1. The molecule has 6 nitrogen and oxygen atoms in total. The van der Waals surface area contributed by atoms with Gasteiger partial charge in [-0.2, -0.15) is 0 Å². The van der Waals surface area contributed by atoms with Crippen LogP contribution in [-0.2, 0) is 33.5 Å². The first kappa shape index (κ1) is 33.4. The summed E-state index contributed by atoms with van der Waals surface area (Å²) in [6, 6.07) is 43.6. The highest BCUT2D eigenvalue weighted by Gasteiger charge is 2.33. The van der Waals surface area contributed by atoms with Crippen molar-refractivity contribution in [3.8, 4) is 0 Å². The molecule has 6 rings (SSSR count). The summed E-state index contributed by atoms with van der Waals surface area (Å²) >= 11 is 0. The van der Waals surface area contributed by atoms with Crippen molar-refractivity contribution in [2.75, 3.05) is 25.0 Å². The van der Waals surface area contributed by atoms with Crippen molar-refractivity contribution in [3.63, 3.8) is 0 Å². The number of carbonyl (C=O) groups excluding carboxylic acids is 1. The lowest BCUT2D eigenvalue weighted by Crippen LogP contribution is -2.51. The second kappa shape index (κ2) is 16.6. The van der Waals surface area contributed by atoms with Crippen LogP contribution in [0.15, 0.2) is 144 Å². The maximum atomic E-state index is 15.6. The molecule has 1 heterocycles. The standard InChI is InChI=1S/C40H40FN3O3S/c41-36-22-13-23-37(35(36)25-24-33-28-42-26-27-44(33)48(46)34-20-11-4-12-21-34)43-40(45)39(47-29-30-14-5-1-6-15-30)38(31-16-7-2-8-17-31)32-18-9-3-10-19-32/h1-23,33,38-39,42H,24-29H2,(H,43,45)/t33-,39?,48?/m0/s1. The Balaban J connectivity index is 1.26. The molecule has 8 heteroatoms. The molecule has 1 aliphatic heterocycles. The third kappa shape index (κ3) is 8.32. The summed E-state index contributed by atoms with van der Waals surface area (Å²) in [5, 5.41) is 6.46. The monoisotopic (exact) mass is 661 g/mol. The molecule has 0 aliphatic carbocycles. The van der Waals surface area contributed by atoms with Gasteiger partial charge >= 0.3 is 0 Å². The summed E-state index contributed by atoms with van der Waals surface area (Å²) in [5.41, 5.74) is 3.65. The highest BCUT2D eigenvalue weighted by molar-refractivity contribution is 7.82. The van der Waals surface area contributed by atoms with Crippen molar-refractivity contribution in [1.29, 1.82) is 0 Å². The average Bonchev–Trinajstić information content (AvgIpc) is 3.14. The lowest BCUT2D eigenvalue weighted by Gasteiger charge is -2.35. The van der Waals surface area contributed by atoms with Gasteiger partial charge in [0.15, 0.2) is 0 Å². The van der Waals surface area contributed by atoms with Crippen molar-refractivity contribution >= 4 is 22.6 Å². The van der Waals surface area contributed by atoms with Crippen LogP contribution in [0, 0.1) is 5.82 Å². The Morgan fingerprint density at radius 1 is 0.833 bits per heavy atom. The van der Waals surface area contributed by atoms with Crippen LogP contribution >= 0.6 is 0 Å². The van der Waals surface area contributed by atoms with E-state index < -0.39 is 28.8 Å². The first-order valence-corrected chi connectivity index (χ1v) is 17.5. The summed E-state index contributed by atoms with van der Waals surface area (Å²) in [5.74, 6) is -1.17. The third-order valence-corrected chi connectivity index (χ3v) is 10.3. The van der Waals surface area contributed by atoms with Crippen LogP contribution in [0.5, 0.6) is 0 Å². The van der Waals surface area contributed by atoms with E-state index in [4.69, 9.17) is 4.74 Å². The second-order valence-electron chi connectivity index (χ2n) is 11.9. The van der Waals surface area contributed by atoms with E-state index in [1.165, 1.54) is 6.07 Å². The first-order chi connectivity index (χ1) is 23.6. The van der Waals surface area contributed by atoms with E-state index in [9.17, 15) is 9.00 Å². The van der Waals surface area contributed by atoms with E-state index in [-0.39, 0.29) is 18.6 Å². The highest BCUT2D eigenvalue weighted by atomic mass is 32.2. The molecular formula is C40H40FN3O3S. The van der Waals surface area contributed by atoms with Crippen molar-refractivity contribution < 1.29 is 18.1 Å². The molecule has 0 saturated carbocycles. The zero-order valence-corrected chi connectivity index (χ0v) is 27.5. The molecular weight excluding hydrogens is 622 g/mol. The molecule has 48 heavy (non-hydrogen) atoms. The fourth-order valence-electron chi connectivity index (χ4n) is 6.27. The van der Waals surface area contributed by atoms with Gasteiger partial charge in [-0.3, -0.25) is 4.79 Å². The quantitative estimate of drug-likeness (QED) is 0.141. The smallest absolute Gasteiger partial charge is 0.254 e. The number of halogens is 1. The minimum absolute atomic E-state index is 0.0783. The zero-order chi connectivity index (χ0) is 33.1. The SMILES string of the molecule is O=C(Nc1cccc(F)c1CC[C@H]1CNCCN1S(=O)c1ccccc1)C(OCc1ccccc1)C(c1ccccc1)c1ccccc1. The van der Waals surface area contributed by atoms with Crippen molar-refractivity contribution in [1.82, 2.24) is 9.62 Å². The molecule has 1 amide bonds. The molecule has 0 bridgehead atoms. The van der Waals surface area contributed by atoms with Gasteiger partial charge in [-0.05, 0) is 53.8 Å². The normalized spacial score (nSPS) is 16.3. The lowest BCUT2D eigenvalue weighted by molar-refractivity contribution is -0.129. The minimum atomic E-state index is -1.33. The van der Waals surface area contributed by atoms with E-state index in [2.05, 4.69) is 10.6 Å². The number of benzene rings is 5. The van der Waals surface area contributed by atoms with Crippen molar-refractivity contribution in [3.05, 3.63) is 168 Å². The molecule has 5 aromatic rings. The maximum absolute atomic E-state index is 15.6. The topological polar surface area (TPSA) is 70.7 Å². The number of carbonyl (C=O) groups is 1. The van der Waals surface area contributed by atoms with Crippen molar-refractivity contribution in [2.24, 2.45) is 0 Å². The van der Waals surface area contributed by atoms with Gasteiger partial charge in [0.1, 0.15) is 22.9 Å². The Bertz CT molecular complexity index is 1740. The summed E-state index contributed by atoms with van der Waals surface area (Å²) < 4.78 is 37.5. The number of rotatable bonds is 13. The van der Waals surface area contributed by atoms with E-state index in [0.717, 1.165) is 28.1 Å². The predicted molar refractivity (Wildman–Crippen MR) is 189 cm³/mol. The van der Waals surface area contributed by atoms with E-state index >= 15 is 4.39 Å². The molecule has 1 aliphatic rings. The number of piperazine rings is 1. The van der Waals surface area contributed by atoms with Crippen LogP contribution in [0.3, 0.4) is 0 Å². The number of nitrogens with zero attached hydrogens (tertiary/aromatic N) is 1. The second-order valence-corrected chi connectivity index (χ2v) is 13.3. The first-order valence-electron chi connectivity index (χ1n) is 16.4. The molecule has 0 radical (unpaired) electrons. The molecule has 1 saturated heterocycles. The average molecular weight is 662 g/mol. The molecule has 0 spiro atoms. The summed E-state index contributed by atoms with van der Waals surface area (Å²) in [4.78, 5) is 15.1. The van der Waals surface area contributed by atoms with Gasteiger partial charge < -0.3 is 15.4 Å². The molecule has 1 fully saturated rings. The summed E-state index contributed by atoms with van der Waals surface area (Å²) in [6.45, 7) is 2.21. The molecule has 2 unspecified atom stereocenters. The Kier molecular flexibility index (Phi) is 11.5. The molecule has 246 valence electrons. The van der Waals surface area contributed by atoms with Crippen LogP contribution in [-0.4, -0.2) is 46.2 Å². The van der Waals surface area contributed by atoms with E-state index in [1.54, 1.807) is 12.1 Å². The highest BCUT2D eigenvalue weighted by Crippen LogP contribution is 2.32.